The van der Waals surface area contributed by atoms with Crippen molar-refractivity contribution in [3.05, 3.63) is 29.6 Å². The zero-order valence-electron chi connectivity index (χ0n) is 12.5. The van der Waals surface area contributed by atoms with Crippen molar-refractivity contribution in [1.29, 1.82) is 5.26 Å². The number of carbonyl (C=O) groups excluding carboxylic acids is 1. The van der Waals surface area contributed by atoms with E-state index in [0.717, 1.165) is 0 Å². The Morgan fingerprint density at radius 2 is 2.10 bits per heavy atom. The van der Waals surface area contributed by atoms with Crippen molar-refractivity contribution in [2.45, 2.75) is 32.8 Å². The number of alkyl carbamates (subject to hydrolysis) is 1. The third-order valence-electron chi connectivity index (χ3n) is 2.44. The van der Waals surface area contributed by atoms with Gasteiger partial charge >= 0.3 is 6.09 Å². The second-order valence-electron chi connectivity index (χ2n) is 5.51. The molecule has 0 unspecified atom stereocenters. The van der Waals surface area contributed by atoms with Crippen molar-refractivity contribution in [3.63, 3.8) is 0 Å². The predicted molar refractivity (Wildman–Crippen MR) is 78.5 cm³/mol. The smallest absolute Gasteiger partial charge is 0.407 e. The van der Waals surface area contributed by atoms with Crippen molar-refractivity contribution in [2.75, 3.05) is 18.4 Å². The molecule has 2 N–H and O–H groups in total. The molecular formula is C15H20FN3O2. The lowest BCUT2D eigenvalue weighted by Crippen LogP contribution is -2.33. The van der Waals surface area contributed by atoms with E-state index in [1.54, 1.807) is 20.8 Å². The van der Waals surface area contributed by atoms with E-state index in [1.807, 2.05) is 6.07 Å². The molecule has 5 nitrogen and oxygen atoms in total. The Balaban J connectivity index is 2.29. The van der Waals surface area contributed by atoms with Crippen molar-refractivity contribution < 1.29 is 13.9 Å². The molecule has 114 valence electrons. The summed E-state index contributed by atoms with van der Waals surface area (Å²) in [5.74, 6) is -0.441. The molecule has 0 aliphatic heterocycles. The molecule has 0 radical (unpaired) electrons. The summed E-state index contributed by atoms with van der Waals surface area (Å²) in [5.41, 5.74) is 0.323. The highest BCUT2D eigenvalue weighted by molar-refractivity contribution is 5.67. The van der Waals surface area contributed by atoms with Gasteiger partial charge in [-0.3, -0.25) is 0 Å². The van der Waals surface area contributed by atoms with Gasteiger partial charge in [0.2, 0.25) is 0 Å². The lowest BCUT2D eigenvalue weighted by Gasteiger charge is -2.19. The molecule has 0 aromatic heterocycles. The largest absolute Gasteiger partial charge is 0.444 e. The van der Waals surface area contributed by atoms with Crippen LogP contribution in [0.25, 0.3) is 0 Å². The maximum Gasteiger partial charge on any atom is 0.407 e. The molecule has 6 heteroatoms. The number of halogens is 1. The van der Waals surface area contributed by atoms with Crippen LogP contribution >= 0.6 is 0 Å². The number of amides is 1. The van der Waals surface area contributed by atoms with E-state index in [4.69, 9.17) is 10.00 Å². The molecule has 0 aliphatic carbocycles. The zero-order chi connectivity index (χ0) is 15.9. The molecule has 0 fully saturated rings. The molecule has 0 bridgehead atoms. The fourth-order valence-corrected chi connectivity index (χ4v) is 1.58. The van der Waals surface area contributed by atoms with Crippen molar-refractivity contribution in [1.82, 2.24) is 5.32 Å². The highest BCUT2D eigenvalue weighted by Gasteiger charge is 2.15. The van der Waals surface area contributed by atoms with Crippen LogP contribution < -0.4 is 10.6 Å². The monoisotopic (exact) mass is 293 g/mol. The molecule has 0 aliphatic rings. The lowest BCUT2D eigenvalue weighted by atomic mass is 10.2. The Labute approximate surface area is 124 Å². The quantitative estimate of drug-likeness (QED) is 0.818. The first kappa shape index (κ1) is 16.8. The normalized spacial score (nSPS) is 10.6. The van der Waals surface area contributed by atoms with Gasteiger partial charge in [-0.2, -0.15) is 5.26 Å². The fourth-order valence-electron chi connectivity index (χ4n) is 1.58. The fraction of sp³-hybridized carbons (Fsp3) is 0.467. The van der Waals surface area contributed by atoms with Crippen LogP contribution in [-0.2, 0) is 4.74 Å². The van der Waals surface area contributed by atoms with E-state index < -0.39 is 17.5 Å². The van der Waals surface area contributed by atoms with E-state index in [1.165, 1.54) is 18.2 Å². The Kier molecular flexibility index (Phi) is 5.97. The molecule has 0 heterocycles. The van der Waals surface area contributed by atoms with Crippen LogP contribution in [0.5, 0.6) is 0 Å². The number of rotatable bonds is 5. The third kappa shape index (κ3) is 6.61. The van der Waals surface area contributed by atoms with Gasteiger partial charge in [-0.25, -0.2) is 9.18 Å². The molecule has 1 aromatic rings. The maximum atomic E-state index is 13.0. The van der Waals surface area contributed by atoms with Crippen LogP contribution in [0.3, 0.4) is 0 Å². The standard InChI is InChI=1S/C15H20FN3O2/c1-15(2,3)21-14(20)19-8-4-7-18-13-6-5-12(16)9-11(13)10-17/h5-6,9,18H,4,7-8H2,1-3H3,(H,19,20). The SMILES string of the molecule is CC(C)(C)OC(=O)NCCCNc1ccc(F)cc1C#N. The molecule has 1 amide bonds. The molecule has 0 saturated heterocycles. The Hall–Kier alpha value is -2.29. The average molecular weight is 293 g/mol. The minimum absolute atomic E-state index is 0.259. The molecule has 0 saturated carbocycles. The minimum Gasteiger partial charge on any atom is -0.444 e. The summed E-state index contributed by atoms with van der Waals surface area (Å²) in [4.78, 5) is 11.4. The number of anilines is 1. The average Bonchev–Trinajstić information content (AvgIpc) is 2.37. The summed E-state index contributed by atoms with van der Waals surface area (Å²) in [7, 11) is 0. The van der Waals surface area contributed by atoms with Crippen molar-refractivity contribution in [2.24, 2.45) is 0 Å². The van der Waals surface area contributed by atoms with Gasteiger partial charge in [0.05, 0.1) is 11.3 Å². The molecule has 0 spiro atoms. The lowest BCUT2D eigenvalue weighted by molar-refractivity contribution is 0.0528. The molecule has 1 rings (SSSR count). The number of nitriles is 1. The van der Waals surface area contributed by atoms with Crippen molar-refractivity contribution in [3.8, 4) is 6.07 Å². The first-order chi connectivity index (χ1) is 9.81. The molecule has 0 atom stereocenters. The van der Waals surface area contributed by atoms with Gasteiger partial charge in [0, 0.05) is 13.1 Å². The van der Waals surface area contributed by atoms with E-state index in [2.05, 4.69) is 10.6 Å². The Morgan fingerprint density at radius 1 is 1.38 bits per heavy atom. The van der Waals surface area contributed by atoms with Crippen LogP contribution in [0, 0.1) is 17.1 Å². The number of carbonyl (C=O) groups is 1. The summed E-state index contributed by atoms with van der Waals surface area (Å²) in [6, 6.07) is 5.93. The number of hydrogen-bond donors (Lipinski definition) is 2. The van der Waals surface area contributed by atoms with Crippen LogP contribution in [0.1, 0.15) is 32.8 Å². The number of benzene rings is 1. The van der Waals surface area contributed by atoms with Gasteiger partial charge in [0.15, 0.2) is 0 Å². The van der Waals surface area contributed by atoms with E-state index >= 15 is 0 Å². The highest BCUT2D eigenvalue weighted by atomic mass is 19.1. The van der Waals surface area contributed by atoms with Gasteiger partial charge in [-0.1, -0.05) is 0 Å². The number of nitrogens with one attached hydrogen (secondary N) is 2. The summed E-state index contributed by atoms with van der Waals surface area (Å²) >= 11 is 0. The van der Waals surface area contributed by atoms with Crippen LogP contribution in [0.15, 0.2) is 18.2 Å². The van der Waals surface area contributed by atoms with Gasteiger partial charge in [-0.15, -0.1) is 0 Å². The second kappa shape index (κ2) is 7.48. The summed E-state index contributed by atoms with van der Waals surface area (Å²) in [6.07, 6.45) is 0.198. The molecule has 1 aromatic carbocycles. The van der Waals surface area contributed by atoms with Gasteiger partial charge in [-0.05, 0) is 45.4 Å². The third-order valence-corrected chi connectivity index (χ3v) is 2.44. The van der Waals surface area contributed by atoms with Crippen molar-refractivity contribution >= 4 is 11.8 Å². The van der Waals surface area contributed by atoms with E-state index in [-0.39, 0.29) is 5.56 Å². The summed E-state index contributed by atoms with van der Waals surface area (Å²) in [5, 5.41) is 14.6. The second-order valence-corrected chi connectivity index (χ2v) is 5.51. The zero-order valence-corrected chi connectivity index (χ0v) is 12.5. The molecule has 21 heavy (non-hydrogen) atoms. The molecular weight excluding hydrogens is 273 g/mol. The topological polar surface area (TPSA) is 74.2 Å². The van der Waals surface area contributed by atoms with Gasteiger partial charge in [0.25, 0.3) is 0 Å². The maximum absolute atomic E-state index is 13.0. The first-order valence-corrected chi connectivity index (χ1v) is 6.72. The van der Waals surface area contributed by atoms with Crippen LogP contribution in [0.4, 0.5) is 14.9 Å². The predicted octanol–water partition coefficient (Wildman–Crippen LogP) is 3.02. The number of nitrogens with zero attached hydrogens (tertiary/aromatic N) is 1. The first-order valence-electron chi connectivity index (χ1n) is 6.72. The van der Waals surface area contributed by atoms with E-state index in [0.29, 0.717) is 25.2 Å². The van der Waals surface area contributed by atoms with Gasteiger partial charge in [0.1, 0.15) is 17.5 Å². The van der Waals surface area contributed by atoms with Crippen LogP contribution in [0.2, 0.25) is 0 Å². The van der Waals surface area contributed by atoms with E-state index in [9.17, 15) is 9.18 Å². The summed E-state index contributed by atoms with van der Waals surface area (Å²) < 4.78 is 18.1. The number of hydrogen-bond acceptors (Lipinski definition) is 4. The highest BCUT2D eigenvalue weighted by Crippen LogP contribution is 2.15. The number of ether oxygens (including phenoxy) is 1. The Bertz CT molecular complexity index is 533. The summed E-state index contributed by atoms with van der Waals surface area (Å²) in [6.45, 7) is 6.39. The Morgan fingerprint density at radius 3 is 2.71 bits per heavy atom. The van der Waals surface area contributed by atoms with Gasteiger partial charge < -0.3 is 15.4 Å². The van der Waals surface area contributed by atoms with Crippen LogP contribution in [-0.4, -0.2) is 24.8 Å². The minimum atomic E-state index is -0.516.